The number of anilines is 1. The molecule has 26 heavy (non-hydrogen) atoms. The highest BCUT2D eigenvalue weighted by Crippen LogP contribution is 2.16. The minimum Gasteiger partial charge on any atom is -0.479 e. The number of amides is 1. The molecular weight excluding hydrogens is 344 g/mol. The van der Waals surface area contributed by atoms with Crippen molar-refractivity contribution in [3.8, 4) is 5.75 Å². The number of aryl methyl sites for hydroxylation is 1. The van der Waals surface area contributed by atoms with Gasteiger partial charge < -0.3 is 14.8 Å². The molecule has 2 atom stereocenters. The Balaban J connectivity index is 1.90. The maximum Gasteiger partial charge on any atom is 0.347 e. The molecule has 0 unspecified atom stereocenters. The first-order valence-electron chi connectivity index (χ1n) is 7.96. The summed E-state index contributed by atoms with van der Waals surface area (Å²) in [6, 6.07) is 10.1. The van der Waals surface area contributed by atoms with Crippen molar-refractivity contribution in [2.24, 2.45) is 0 Å². The van der Waals surface area contributed by atoms with Gasteiger partial charge in [0.1, 0.15) is 5.75 Å². The van der Waals surface area contributed by atoms with Crippen LogP contribution in [0.4, 0.5) is 14.5 Å². The third-order valence-corrected chi connectivity index (χ3v) is 3.48. The van der Waals surface area contributed by atoms with Gasteiger partial charge in [0.2, 0.25) is 0 Å². The van der Waals surface area contributed by atoms with Gasteiger partial charge in [-0.1, -0.05) is 12.1 Å². The van der Waals surface area contributed by atoms with Crippen molar-refractivity contribution in [2.45, 2.75) is 33.0 Å². The minimum atomic E-state index is -1.14. The van der Waals surface area contributed by atoms with Crippen molar-refractivity contribution in [3.63, 3.8) is 0 Å². The molecule has 0 saturated heterocycles. The summed E-state index contributed by atoms with van der Waals surface area (Å²) in [4.78, 5) is 24.1. The Kier molecular flexibility index (Phi) is 6.27. The highest BCUT2D eigenvalue weighted by molar-refractivity contribution is 5.95. The fourth-order valence-corrected chi connectivity index (χ4v) is 2.08. The number of esters is 1. The SMILES string of the molecule is Cc1cccc(O[C@@H](C)C(=O)O[C@@H](C)C(=O)Nc2ccc(F)c(F)c2)c1. The molecule has 0 aliphatic carbocycles. The van der Waals surface area contributed by atoms with Crippen molar-refractivity contribution in [3.05, 3.63) is 59.7 Å². The quantitative estimate of drug-likeness (QED) is 0.797. The summed E-state index contributed by atoms with van der Waals surface area (Å²) in [7, 11) is 0. The van der Waals surface area contributed by atoms with Gasteiger partial charge in [0.05, 0.1) is 0 Å². The van der Waals surface area contributed by atoms with Crippen LogP contribution in [0.15, 0.2) is 42.5 Å². The predicted molar refractivity (Wildman–Crippen MR) is 91.8 cm³/mol. The number of hydrogen-bond acceptors (Lipinski definition) is 4. The van der Waals surface area contributed by atoms with Crippen molar-refractivity contribution in [1.82, 2.24) is 0 Å². The van der Waals surface area contributed by atoms with E-state index in [1.807, 2.05) is 13.0 Å². The average molecular weight is 363 g/mol. The van der Waals surface area contributed by atoms with E-state index in [4.69, 9.17) is 9.47 Å². The summed E-state index contributed by atoms with van der Waals surface area (Å²) in [6.45, 7) is 4.76. The van der Waals surface area contributed by atoms with Crippen LogP contribution in [0.2, 0.25) is 0 Å². The highest BCUT2D eigenvalue weighted by Gasteiger charge is 2.23. The molecule has 7 heteroatoms. The van der Waals surface area contributed by atoms with Crippen LogP contribution in [0, 0.1) is 18.6 Å². The highest BCUT2D eigenvalue weighted by atomic mass is 19.2. The first-order chi connectivity index (χ1) is 12.3. The van der Waals surface area contributed by atoms with E-state index in [2.05, 4.69) is 5.32 Å². The van der Waals surface area contributed by atoms with Crippen LogP contribution in [-0.4, -0.2) is 24.1 Å². The predicted octanol–water partition coefficient (Wildman–Crippen LogP) is 3.61. The van der Waals surface area contributed by atoms with Gasteiger partial charge >= 0.3 is 5.97 Å². The number of carbonyl (C=O) groups excluding carboxylic acids is 2. The Labute approximate surface area is 149 Å². The second kappa shape index (κ2) is 8.42. The van der Waals surface area contributed by atoms with Gasteiger partial charge in [0, 0.05) is 11.8 Å². The average Bonchev–Trinajstić information content (AvgIpc) is 2.58. The largest absolute Gasteiger partial charge is 0.479 e. The number of ether oxygens (including phenoxy) is 2. The minimum absolute atomic E-state index is 0.0564. The van der Waals surface area contributed by atoms with E-state index in [-0.39, 0.29) is 5.69 Å². The Hall–Kier alpha value is -2.96. The second-order valence-electron chi connectivity index (χ2n) is 5.77. The van der Waals surface area contributed by atoms with Gasteiger partial charge in [-0.05, 0) is 50.6 Å². The molecule has 138 valence electrons. The Bertz CT molecular complexity index is 810. The molecule has 0 spiro atoms. The molecule has 0 bridgehead atoms. The van der Waals surface area contributed by atoms with Crippen LogP contribution < -0.4 is 10.1 Å². The monoisotopic (exact) mass is 363 g/mol. The zero-order valence-electron chi connectivity index (χ0n) is 14.6. The maximum atomic E-state index is 13.2. The fraction of sp³-hybridized carbons (Fsp3) is 0.263. The lowest BCUT2D eigenvalue weighted by Gasteiger charge is -2.18. The molecular formula is C19H19F2NO4. The maximum absolute atomic E-state index is 13.2. The summed E-state index contributed by atoms with van der Waals surface area (Å²) in [5, 5.41) is 2.35. The van der Waals surface area contributed by atoms with Crippen LogP contribution >= 0.6 is 0 Å². The molecule has 2 aromatic rings. The van der Waals surface area contributed by atoms with Gasteiger partial charge in [-0.3, -0.25) is 4.79 Å². The Morgan fingerprint density at radius 3 is 2.38 bits per heavy atom. The molecule has 2 rings (SSSR count). The summed E-state index contributed by atoms with van der Waals surface area (Å²) >= 11 is 0. The van der Waals surface area contributed by atoms with Gasteiger partial charge in [0.25, 0.3) is 5.91 Å². The molecule has 2 aromatic carbocycles. The Morgan fingerprint density at radius 2 is 1.73 bits per heavy atom. The first kappa shape index (κ1) is 19.4. The van der Waals surface area contributed by atoms with E-state index in [0.29, 0.717) is 5.75 Å². The third kappa shape index (κ3) is 5.27. The van der Waals surface area contributed by atoms with E-state index in [0.717, 1.165) is 17.7 Å². The molecule has 0 radical (unpaired) electrons. The smallest absolute Gasteiger partial charge is 0.347 e. The lowest BCUT2D eigenvalue weighted by atomic mass is 10.2. The number of rotatable bonds is 6. The van der Waals surface area contributed by atoms with Crippen molar-refractivity contribution >= 4 is 17.6 Å². The summed E-state index contributed by atoms with van der Waals surface area (Å²) in [5.74, 6) is -3.00. The van der Waals surface area contributed by atoms with Gasteiger partial charge in [0.15, 0.2) is 23.8 Å². The summed E-state index contributed by atoms with van der Waals surface area (Å²) in [5.41, 5.74) is 1.03. The summed E-state index contributed by atoms with van der Waals surface area (Å²) in [6.07, 6.45) is -2.06. The molecule has 0 heterocycles. The second-order valence-corrected chi connectivity index (χ2v) is 5.77. The van der Waals surface area contributed by atoms with Gasteiger partial charge in [-0.15, -0.1) is 0 Å². The number of benzene rings is 2. The van der Waals surface area contributed by atoms with Gasteiger partial charge in [-0.25, -0.2) is 13.6 Å². The molecule has 5 nitrogen and oxygen atoms in total. The van der Waals surface area contributed by atoms with E-state index in [9.17, 15) is 18.4 Å². The van der Waals surface area contributed by atoms with Crippen LogP contribution in [0.3, 0.4) is 0 Å². The van der Waals surface area contributed by atoms with Crippen LogP contribution in [0.25, 0.3) is 0 Å². The van der Waals surface area contributed by atoms with Crippen LogP contribution in [0.5, 0.6) is 5.75 Å². The van der Waals surface area contributed by atoms with Gasteiger partial charge in [-0.2, -0.15) is 0 Å². The first-order valence-corrected chi connectivity index (χ1v) is 7.96. The number of halogens is 2. The fourth-order valence-electron chi connectivity index (χ4n) is 2.08. The zero-order chi connectivity index (χ0) is 19.3. The lowest BCUT2D eigenvalue weighted by molar-refractivity contribution is -0.159. The standard InChI is InChI=1S/C19H19F2NO4/c1-11-5-4-6-15(9-11)25-13(3)19(24)26-12(2)18(23)22-14-7-8-16(20)17(21)10-14/h4-10,12-13H,1-3H3,(H,22,23)/t12-,13-/m0/s1. The number of hydrogen-bond donors (Lipinski definition) is 1. The third-order valence-electron chi connectivity index (χ3n) is 3.48. The molecule has 1 N–H and O–H groups in total. The van der Waals surface area contributed by atoms with Crippen molar-refractivity contribution < 1.29 is 27.8 Å². The lowest BCUT2D eigenvalue weighted by Crippen LogP contribution is -2.35. The molecule has 0 aromatic heterocycles. The van der Waals surface area contributed by atoms with Crippen molar-refractivity contribution in [1.29, 1.82) is 0 Å². The van der Waals surface area contributed by atoms with Crippen LogP contribution in [-0.2, 0) is 14.3 Å². The molecule has 0 aliphatic rings. The van der Waals surface area contributed by atoms with Crippen molar-refractivity contribution in [2.75, 3.05) is 5.32 Å². The van der Waals surface area contributed by atoms with E-state index < -0.39 is 35.7 Å². The normalized spacial score (nSPS) is 12.8. The molecule has 0 fully saturated rings. The van der Waals surface area contributed by atoms with E-state index in [1.54, 1.807) is 18.2 Å². The molecule has 0 aliphatic heterocycles. The topological polar surface area (TPSA) is 64.6 Å². The Morgan fingerprint density at radius 1 is 1.00 bits per heavy atom. The van der Waals surface area contributed by atoms with E-state index >= 15 is 0 Å². The number of nitrogens with one attached hydrogen (secondary N) is 1. The van der Waals surface area contributed by atoms with Crippen LogP contribution in [0.1, 0.15) is 19.4 Å². The van der Waals surface area contributed by atoms with E-state index in [1.165, 1.54) is 19.9 Å². The number of carbonyl (C=O) groups is 2. The zero-order valence-corrected chi connectivity index (χ0v) is 14.6. The molecule has 1 amide bonds. The molecule has 0 saturated carbocycles. The summed E-state index contributed by atoms with van der Waals surface area (Å²) < 4.78 is 36.6.